The predicted octanol–water partition coefficient (Wildman–Crippen LogP) is 2.39. The average Bonchev–Trinajstić information content (AvgIpc) is 2.37. The van der Waals surface area contributed by atoms with Gasteiger partial charge in [0, 0.05) is 11.7 Å². The van der Waals surface area contributed by atoms with Gasteiger partial charge in [0.15, 0.2) is 0 Å². The Morgan fingerprint density at radius 1 is 1.32 bits per heavy atom. The molecule has 0 amide bonds. The van der Waals surface area contributed by atoms with E-state index >= 15 is 0 Å². The summed E-state index contributed by atoms with van der Waals surface area (Å²) in [5, 5.41) is 9.00. The Bertz CT molecular complexity index is 390. The predicted molar refractivity (Wildman–Crippen MR) is 78.1 cm³/mol. The van der Waals surface area contributed by atoms with E-state index in [9.17, 15) is 4.79 Å². The highest BCUT2D eigenvalue weighted by Crippen LogP contribution is 2.14. The minimum absolute atomic E-state index is 0.112. The first-order chi connectivity index (χ1) is 9.06. The number of anilines is 1. The van der Waals surface area contributed by atoms with Gasteiger partial charge in [-0.1, -0.05) is 26.0 Å². The fourth-order valence-electron chi connectivity index (χ4n) is 2.31. The number of carboxylic acids is 1. The molecule has 3 N–H and O–H groups in total. The molecule has 0 spiro atoms. The number of hydrogen-bond donors (Lipinski definition) is 2. The number of hydrogen-bond acceptors (Lipinski definition) is 3. The molecule has 0 saturated heterocycles. The molecule has 0 heterocycles. The third-order valence-corrected chi connectivity index (χ3v) is 3.29. The van der Waals surface area contributed by atoms with Crippen LogP contribution < -0.4 is 5.73 Å². The maximum Gasteiger partial charge on any atom is 0.317 e. The normalized spacial score (nSPS) is 12.6. The Labute approximate surface area is 115 Å². The maximum atomic E-state index is 10.9. The lowest BCUT2D eigenvalue weighted by atomic mass is 10.0. The summed E-state index contributed by atoms with van der Waals surface area (Å²) in [6.07, 6.45) is 2.77. The third-order valence-electron chi connectivity index (χ3n) is 3.29. The molecule has 1 rings (SSSR count). The Hall–Kier alpha value is -1.55. The van der Waals surface area contributed by atoms with Crippen LogP contribution in [0.5, 0.6) is 0 Å². The first-order valence-electron chi connectivity index (χ1n) is 6.87. The lowest BCUT2D eigenvalue weighted by molar-refractivity contribution is -0.139. The quantitative estimate of drug-likeness (QED) is 0.707. The highest BCUT2D eigenvalue weighted by Gasteiger charge is 2.18. The minimum Gasteiger partial charge on any atom is -0.480 e. The standard InChI is InChI=1S/C15H24N2O2/c1-3-9-17(11-15(18)19)14(4-2)10-12-5-7-13(16)8-6-12/h5-8,14H,3-4,9-11,16H2,1-2H3,(H,18,19). The first-order valence-corrected chi connectivity index (χ1v) is 6.87. The van der Waals surface area contributed by atoms with E-state index in [1.165, 1.54) is 5.56 Å². The number of aliphatic carboxylic acids is 1. The molecular formula is C15H24N2O2. The second-order valence-corrected chi connectivity index (χ2v) is 4.87. The molecular weight excluding hydrogens is 240 g/mol. The van der Waals surface area contributed by atoms with Crippen molar-refractivity contribution in [3.05, 3.63) is 29.8 Å². The van der Waals surface area contributed by atoms with Crippen molar-refractivity contribution in [1.29, 1.82) is 0 Å². The molecule has 0 aliphatic carbocycles. The zero-order valence-corrected chi connectivity index (χ0v) is 11.8. The van der Waals surface area contributed by atoms with Crippen molar-refractivity contribution in [2.75, 3.05) is 18.8 Å². The second kappa shape index (κ2) is 7.79. The molecule has 0 saturated carbocycles. The van der Waals surface area contributed by atoms with Crippen molar-refractivity contribution < 1.29 is 9.90 Å². The summed E-state index contributed by atoms with van der Waals surface area (Å²) in [6.45, 7) is 5.11. The number of nitrogens with zero attached hydrogens (tertiary/aromatic N) is 1. The summed E-state index contributed by atoms with van der Waals surface area (Å²) in [4.78, 5) is 13.0. The fourth-order valence-corrected chi connectivity index (χ4v) is 2.31. The van der Waals surface area contributed by atoms with Crippen LogP contribution in [0.15, 0.2) is 24.3 Å². The highest BCUT2D eigenvalue weighted by atomic mass is 16.4. The van der Waals surface area contributed by atoms with E-state index < -0.39 is 5.97 Å². The molecule has 1 aromatic rings. The van der Waals surface area contributed by atoms with Crippen LogP contribution in [0.1, 0.15) is 32.3 Å². The van der Waals surface area contributed by atoms with Crippen LogP contribution in [-0.2, 0) is 11.2 Å². The van der Waals surface area contributed by atoms with Crippen LogP contribution in [0.25, 0.3) is 0 Å². The third kappa shape index (κ3) is 5.30. The van der Waals surface area contributed by atoms with Gasteiger partial charge in [-0.25, -0.2) is 0 Å². The van der Waals surface area contributed by atoms with Gasteiger partial charge in [-0.15, -0.1) is 0 Å². The summed E-state index contributed by atoms with van der Waals surface area (Å²) in [7, 11) is 0. The number of carbonyl (C=O) groups is 1. The molecule has 1 unspecified atom stereocenters. The topological polar surface area (TPSA) is 66.6 Å². The van der Waals surface area contributed by atoms with Crippen LogP contribution in [-0.4, -0.2) is 35.1 Å². The van der Waals surface area contributed by atoms with Gasteiger partial charge in [-0.2, -0.15) is 0 Å². The van der Waals surface area contributed by atoms with Gasteiger partial charge in [0.2, 0.25) is 0 Å². The van der Waals surface area contributed by atoms with E-state index in [2.05, 4.69) is 18.7 Å². The van der Waals surface area contributed by atoms with Crippen molar-refractivity contribution in [3.63, 3.8) is 0 Å². The van der Waals surface area contributed by atoms with Crippen LogP contribution in [0.4, 0.5) is 5.69 Å². The Kier molecular flexibility index (Phi) is 6.36. The molecule has 4 heteroatoms. The zero-order chi connectivity index (χ0) is 14.3. The molecule has 0 aliphatic heterocycles. The van der Waals surface area contributed by atoms with Gasteiger partial charge in [-0.3, -0.25) is 9.69 Å². The van der Waals surface area contributed by atoms with E-state index in [0.29, 0.717) is 0 Å². The van der Waals surface area contributed by atoms with E-state index in [0.717, 1.165) is 31.5 Å². The maximum absolute atomic E-state index is 10.9. The molecule has 0 aromatic heterocycles. The molecule has 0 aliphatic rings. The van der Waals surface area contributed by atoms with Crippen molar-refractivity contribution in [3.8, 4) is 0 Å². The van der Waals surface area contributed by atoms with Crippen LogP contribution >= 0.6 is 0 Å². The SMILES string of the molecule is CCCN(CC(=O)O)C(CC)Cc1ccc(N)cc1. The van der Waals surface area contributed by atoms with E-state index in [1.807, 2.05) is 24.3 Å². The second-order valence-electron chi connectivity index (χ2n) is 4.87. The lowest BCUT2D eigenvalue weighted by Crippen LogP contribution is -2.40. The lowest BCUT2D eigenvalue weighted by Gasteiger charge is -2.29. The molecule has 0 radical (unpaired) electrons. The van der Waals surface area contributed by atoms with Gasteiger partial charge in [0.25, 0.3) is 0 Å². The fraction of sp³-hybridized carbons (Fsp3) is 0.533. The minimum atomic E-state index is -0.760. The monoisotopic (exact) mass is 264 g/mol. The zero-order valence-electron chi connectivity index (χ0n) is 11.8. The molecule has 19 heavy (non-hydrogen) atoms. The van der Waals surface area contributed by atoms with Crippen molar-refractivity contribution in [2.24, 2.45) is 0 Å². The summed E-state index contributed by atoms with van der Waals surface area (Å²) in [5.74, 6) is -0.760. The molecule has 1 aromatic carbocycles. The molecule has 1 atom stereocenters. The van der Waals surface area contributed by atoms with Crippen LogP contribution in [0, 0.1) is 0 Å². The van der Waals surface area contributed by atoms with Gasteiger partial charge in [0.1, 0.15) is 0 Å². The average molecular weight is 264 g/mol. The molecule has 4 nitrogen and oxygen atoms in total. The van der Waals surface area contributed by atoms with Gasteiger partial charge >= 0.3 is 5.97 Å². The van der Waals surface area contributed by atoms with Crippen LogP contribution in [0.2, 0.25) is 0 Å². The summed E-state index contributed by atoms with van der Waals surface area (Å²) in [5.41, 5.74) is 7.63. The number of benzene rings is 1. The van der Waals surface area contributed by atoms with E-state index in [-0.39, 0.29) is 12.6 Å². The van der Waals surface area contributed by atoms with Crippen molar-refractivity contribution in [1.82, 2.24) is 4.90 Å². The van der Waals surface area contributed by atoms with E-state index in [1.54, 1.807) is 0 Å². The Morgan fingerprint density at radius 2 is 1.95 bits per heavy atom. The number of rotatable bonds is 8. The Morgan fingerprint density at radius 3 is 2.42 bits per heavy atom. The number of nitrogens with two attached hydrogens (primary N) is 1. The van der Waals surface area contributed by atoms with Gasteiger partial charge in [-0.05, 0) is 43.5 Å². The highest BCUT2D eigenvalue weighted by molar-refractivity contribution is 5.69. The summed E-state index contributed by atoms with van der Waals surface area (Å²) < 4.78 is 0. The largest absolute Gasteiger partial charge is 0.480 e. The smallest absolute Gasteiger partial charge is 0.317 e. The van der Waals surface area contributed by atoms with Crippen LogP contribution in [0.3, 0.4) is 0 Å². The van der Waals surface area contributed by atoms with Crippen molar-refractivity contribution >= 4 is 11.7 Å². The summed E-state index contributed by atoms with van der Waals surface area (Å²) >= 11 is 0. The van der Waals surface area contributed by atoms with Gasteiger partial charge in [0.05, 0.1) is 6.54 Å². The molecule has 0 fully saturated rings. The first kappa shape index (κ1) is 15.5. The molecule has 106 valence electrons. The Balaban J connectivity index is 2.72. The number of nitrogen functional groups attached to an aromatic ring is 1. The van der Waals surface area contributed by atoms with E-state index in [4.69, 9.17) is 10.8 Å². The van der Waals surface area contributed by atoms with Crippen molar-refractivity contribution in [2.45, 2.75) is 39.2 Å². The number of carboxylic acid groups (broad SMARTS) is 1. The molecule has 0 bridgehead atoms. The summed E-state index contributed by atoms with van der Waals surface area (Å²) in [6, 6.07) is 8.08. The van der Waals surface area contributed by atoms with Gasteiger partial charge < -0.3 is 10.8 Å².